The van der Waals surface area contributed by atoms with Gasteiger partial charge in [-0.15, -0.1) is 0 Å². The number of hydrogen-bond donors (Lipinski definition) is 1. The van der Waals surface area contributed by atoms with E-state index in [2.05, 4.69) is 4.98 Å². The molecule has 7 heteroatoms. The summed E-state index contributed by atoms with van der Waals surface area (Å²) in [4.78, 5) is 14.7. The number of aromatic carboxylic acids is 1. The average molecular weight is 302 g/mol. The van der Waals surface area contributed by atoms with Crippen LogP contribution >= 0.6 is 11.6 Å². The number of benzene rings is 1. The van der Waals surface area contributed by atoms with Crippen LogP contribution < -0.4 is 0 Å². The van der Waals surface area contributed by atoms with Crippen molar-refractivity contribution in [3.63, 3.8) is 0 Å². The minimum absolute atomic E-state index is 0.0620. The zero-order valence-electron chi connectivity index (χ0n) is 9.78. The van der Waals surface area contributed by atoms with Crippen molar-refractivity contribution in [2.24, 2.45) is 0 Å². The van der Waals surface area contributed by atoms with Crippen molar-refractivity contribution in [3.05, 3.63) is 52.7 Å². The van der Waals surface area contributed by atoms with Gasteiger partial charge in [0.1, 0.15) is 0 Å². The van der Waals surface area contributed by atoms with Crippen LogP contribution in [0.2, 0.25) is 5.02 Å². The van der Waals surface area contributed by atoms with Crippen molar-refractivity contribution in [2.75, 3.05) is 0 Å². The molecule has 0 saturated carbocycles. The zero-order chi connectivity index (χ0) is 14.9. The van der Waals surface area contributed by atoms with E-state index in [1.807, 2.05) is 0 Å². The molecule has 1 aromatic heterocycles. The van der Waals surface area contributed by atoms with Crippen LogP contribution in [0.15, 0.2) is 36.5 Å². The lowest BCUT2D eigenvalue weighted by atomic mass is 10.0. The van der Waals surface area contributed by atoms with Gasteiger partial charge in [-0.05, 0) is 18.2 Å². The minimum atomic E-state index is -4.65. The van der Waals surface area contributed by atoms with E-state index in [0.29, 0.717) is 22.8 Å². The number of rotatable bonds is 2. The maximum Gasteiger partial charge on any atom is 0.417 e. The molecule has 0 saturated heterocycles. The average Bonchev–Trinajstić information content (AvgIpc) is 2.37. The number of aromatic nitrogens is 1. The first-order valence-electron chi connectivity index (χ1n) is 5.35. The molecule has 0 fully saturated rings. The minimum Gasteiger partial charge on any atom is -0.478 e. The summed E-state index contributed by atoms with van der Waals surface area (Å²) in [6, 6.07) is 6.64. The highest BCUT2D eigenvalue weighted by Crippen LogP contribution is 2.32. The van der Waals surface area contributed by atoms with Crippen LogP contribution in [0.5, 0.6) is 0 Å². The Labute approximate surface area is 116 Å². The molecule has 2 aromatic rings. The van der Waals surface area contributed by atoms with Crippen LogP contribution in [-0.4, -0.2) is 16.1 Å². The van der Waals surface area contributed by atoms with E-state index in [1.54, 1.807) is 12.1 Å². The van der Waals surface area contributed by atoms with Crippen molar-refractivity contribution in [2.45, 2.75) is 6.18 Å². The van der Waals surface area contributed by atoms with Crippen LogP contribution in [0, 0.1) is 0 Å². The van der Waals surface area contributed by atoms with Gasteiger partial charge in [0, 0.05) is 16.8 Å². The highest BCUT2D eigenvalue weighted by Gasteiger charge is 2.32. The SMILES string of the molecule is O=C(O)c1cc(C(F)(F)F)cnc1-c1cccc(Cl)c1. The Morgan fingerprint density at radius 2 is 1.95 bits per heavy atom. The Hall–Kier alpha value is -2.08. The number of carboxylic acid groups (broad SMARTS) is 1. The van der Waals surface area contributed by atoms with Crippen molar-refractivity contribution < 1.29 is 23.1 Å². The molecule has 0 atom stereocenters. The molecule has 0 radical (unpaired) electrons. The van der Waals surface area contributed by atoms with Gasteiger partial charge in [-0.2, -0.15) is 13.2 Å². The molecule has 1 aromatic carbocycles. The van der Waals surface area contributed by atoms with Gasteiger partial charge >= 0.3 is 12.1 Å². The molecular formula is C13H7ClF3NO2. The highest BCUT2D eigenvalue weighted by atomic mass is 35.5. The Morgan fingerprint density at radius 1 is 1.25 bits per heavy atom. The van der Waals surface area contributed by atoms with E-state index in [-0.39, 0.29) is 5.69 Å². The Balaban J connectivity index is 2.62. The topological polar surface area (TPSA) is 50.2 Å². The lowest BCUT2D eigenvalue weighted by Crippen LogP contribution is -2.10. The third-order valence-corrected chi connectivity index (χ3v) is 2.78. The summed E-state index contributed by atoms with van der Waals surface area (Å²) in [5.74, 6) is -1.49. The summed E-state index contributed by atoms with van der Waals surface area (Å²) in [6.07, 6.45) is -4.05. The predicted octanol–water partition coefficient (Wildman–Crippen LogP) is 4.12. The molecule has 0 aliphatic rings. The number of pyridine rings is 1. The third-order valence-electron chi connectivity index (χ3n) is 2.54. The summed E-state index contributed by atoms with van der Waals surface area (Å²) in [5.41, 5.74) is -1.36. The number of carboxylic acids is 1. The maximum atomic E-state index is 12.6. The molecule has 2 rings (SSSR count). The van der Waals surface area contributed by atoms with Crippen molar-refractivity contribution in [1.82, 2.24) is 4.98 Å². The maximum absolute atomic E-state index is 12.6. The van der Waals surface area contributed by atoms with Gasteiger partial charge in [0.2, 0.25) is 0 Å². The van der Waals surface area contributed by atoms with Gasteiger partial charge in [-0.25, -0.2) is 4.79 Å². The number of hydrogen-bond acceptors (Lipinski definition) is 2. The Morgan fingerprint density at radius 3 is 2.50 bits per heavy atom. The number of carbonyl (C=O) groups is 1. The fourth-order valence-electron chi connectivity index (χ4n) is 1.65. The third kappa shape index (κ3) is 2.91. The van der Waals surface area contributed by atoms with Gasteiger partial charge in [0.05, 0.1) is 16.8 Å². The van der Waals surface area contributed by atoms with Gasteiger partial charge in [-0.1, -0.05) is 23.7 Å². The smallest absolute Gasteiger partial charge is 0.417 e. The van der Waals surface area contributed by atoms with E-state index >= 15 is 0 Å². The first-order chi connectivity index (χ1) is 9.29. The lowest BCUT2D eigenvalue weighted by molar-refractivity contribution is -0.137. The second-order valence-corrected chi connectivity index (χ2v) is 4.37. The second kappa shape index (κ2) is 5.13. The molecule has 0 aliphatic carbocycles. The van der Waals surface area contributed by atoms with Crippen LogP contribution in [0.3, 0.4) is 0 Å². The van der Waals surface area contributed by atoms with Gasteiger partial charge in [0.25, 0.3) is 0 Å². The monoisotopic (exact) mass is 301 g/mol. The standard InChI is InChI=1S/C13H7ClF3NO2/c14-9-3-1-2-7(4-9)11-10(12(19)20)5-8(6-18-11)13(15,16)17/h1-6H,(H,19,20). The summed E-state index contributed by atoms with van der Waals surface area (Å²) < 4.78 is 37.7. The molecule has 0 aliphatic heterocycles. The molecule has 3 nitrogen and oxygen atoms in total. The Kier molecular flexibility index (Phi) is 3.67. The van der Waals surface area contributed by atoms with Crippen LogP contribution in [0.4, 0.5) is 13.2 Å². The fourth-order valence-corrected chi connectivity index (χ4v) is 1.84. The molecule has 0 spiro atoms. The molecule has 0 bridgehead atoms. The quantitative estimate of drug-likeness (QED) is 0.907. The summed E-state index contributed by atoms with van der Waals surface area (Å²) in [5, 5.41) is 9.38. The largest absolute Gasteiger partial charge is 0.478 e. The molecular weight excluding hydrogens is 295 g/mol. The van der Waals surface area contributed by atoms with E-state index in [1.165, 1.54) is 12.1 Å². The van der Waals surface area contributed by atoms with E-state index < -0.39 is 23.3 Å². The molecule has 104 valence electrons. The van der Waals surface area contributed by atoms with Crippen LogP contribution in [0.25, 0.3) is 11.3 Å². The zero-order valence-corrected chi connectivity index (χ0v) is 10.5. The Bertz CT molecular complexity index is 671. The van der Waals surface area contributed by atoms with E-state index in [9.17, 15) is 18.0 Å². The highest BCUT2D eigenvalue weighted by molar-refractivity contribution is 6.30. The number of alkyl halides is 3. The van der Waals surface area contributed by atoms with E-state index in [4.69, 9.17) is 16.7 Å². The van der Waals surface area contributed by atoms with Crippen LogP contribution in [0.1, 0.15) is 15.9 Å². The van der Waals surface area contributed by atoms with Gasteiger partial charge in [-0.3, -0.25) is 4.98 Å². The number of halogens is 4. The van der Waals surface area contributed by atoms with Crippen molar-refractivity contribution >= 4 is 17.6 Å². The summed E-state index contributed by atoms with van der Waals surface area (Å²) in [6.45, 7) is 0. The molecule has 1 N–H and O–H groups in total. The molecule has 0 amide bonds. The number of nitrogens with zero attached hydrogens (tertiary/aromatic N) is 1. The fraction of sp³-hybridized carbons (Fsp3) is 0.0769. The van der Waals surface area contributed by atoms with Crippen LogP contribution in [-0.2, 0) is 6.18 Å². The van der Waals surface area contributed by atoms with Gasteiger partial charge in [0.15, 0.2) is 0 Å². The molecule has 0 unspecified atom stereocenters. The van der Waals surface area contributed by atoms with Crippen molar-refractivity contribution in [1.29, 1.82) is 0 Å². The van der Waals surface area contributed by atoms with Crippen molar-refractivity contribution in [3.8, 4) is 11.3 Å². The molecule has 1 heterocycles. The summed E-state index contributed by atoms with van der Waals surface area (Å²) >= 11 is 5.78. The first kappa shape index (κ1) is 14.3. The second-order valence-electron chi connectivity index (χ2n) is 3.93. The normalized spacial score (nSPS) is 11.4. The van der Waals surface area contributed by atoms with E-state index in [0.717, 1.165) is 0 Å². The lowest BCUT2D eigenvalue weighted by Gasteiger charge is -2.10. The van der Waals surface area contributed by atoms with Gasteiger partial charge < -0.3 is 5.11 Å². The predicted molar refractivity (Wildman–Crippen MR) is 66.6 cm³/mol. The molecule has 20 heavy (non-hydrogen) atoms. The first-order valence-corrected chi connectivity index (χ1v) is 5.73. The summed E-state index contributed by atoms with van der Waals surface area (Å²) in [7, 11) is 0.